The number of primary sulfonamides is 1. The Hall–Kier alpha value is -3.38. The van der Waals surface area contributed by atoms with Gasteiger partial charge >= 0.3 is 5.97 Å². The van der Waals surface area contributed by atoms with Gasteiger partial charge in [-0.2, -0.15) is 0 Å². The van der Waals surface area contributed by atoms with Crippen LogP contribution >= 0.6 is 11.3 Å². The van der Waals surface area contributed by atoms with Gasteiger partial charge in [-0.25, -0.2) is 28.3 Å². The fourth-order valence-electron chi connectivity index (χ4n) is 3.54. The Morgan fingerprint density at radius 1 is 1.12 bits per heavy atom. The van der Waals surface area contributed by atoms with E-state index in [1.165, 1.54) is 23.5 Å². The van der Waals surface area contributed by atoms with Gasteiger partial charge in [-0.05, 0) is 30.2 Å². The molecule has 0 fully saturated rings. The second-order valence-electron chi connectivity index (χ2n) is 7.21. The van der Waals surface area contributed by atoms with Crippen molar-refractivity contribution in [1.29, 1.82) is 0 Å². The quantitative estimate of drug-likeness (QED) is 0.311. The number of nitrogens with zero attached hydrogens (tertiary/aromatic N) is 2. The van der Waals surface area contributed by atoms with Crippen molar-refractivity contribution in [2.24, 2.45) is 10.9 Å². The average Bonchev–Trinajstić information content (AvgIpc) is 3.16. The van der Waals surface area contributed by atoms with E-state index in [0.29, 0.717) is 28.0 Å². The molecular weight excluding hydrogens is 462 g/mol. The van der Waals surface area contributed by atoms with E-state index in [2.05, 4.69) is 15.3 Å². The number of nitrogens with two attached hydrogens (primary N) is 2. The molecule has 4 rings (SSSR count). The van der Waals surface area contributed by atoms with Gasteiger partial charge in [0.2, 0.25) is 15.8 Å². The van der Waals surface area contributed by atoms with Gasteiger partial charge in [0.1, 0.15) is 4.83 Å². The highest BCUT2D eigenvalue weighted by Gasteiger charge is 2.26. The average molecular weight is 484 g/mol. The van der Waals surface area contributed by atoms with E-state index in [1.807, 2.05) is 37.3 Å². The number of sulfonamides is 1. The maximum atomic E-state index is 11.7. The van der Waals surface area contributed by atoms with Crippen LogP contribution in [0.25, 0.3) is 21.3 Å². The van der Waals surface area contributed by atoms with Crippen LogP contribution in [0.5, 0.6) is 0 Å². The number of anilines is 1. The summed E-state index contributed by atoms with van der Waals surface area (Å²) in [5, 5.41) is 19.6. The normalized spacial score (nSPS) is 12.6. The molecule has 0 saturated carbocycles. The fraction of sp³-hybridized carbons (Fsp3) is 0.136. The Kier molecular flexibility index (Phi) is 6.13. The van der Waals surface area contributed by atoms with Gasteiger partial charge in [0.25, 0.3) is 0 Å². The van der Waals surface area contributed by atoms with Crippen molar-refractivity contribution >= 4 is 42.5 Å². The summed E-state index contributed by atoms with van der Waals surface area (Å²) in [4.78, 5) is 20.8. The van der Waals surface area contributed by atoms with Crippen LogP contribution in [-0.2, 0) is 10.0 Å². The SMILES string of the molecule is CCNc1sc2nc(C(=O)O)nc(C(N)c3ccc(S(N)(=O)=O)cc3)c2c1-c1ccccc1. The summed E-state index contributed by atoms with van der Waals surface area (Å²) in [6.45, 7) is 2.62. The molecule has 0 spiro atoms. The Bertz CT molecular complexity index is 1440. The number of nitrogens with one attached hydrogen (secondary N) is 1. The molecule has 2 aromatic carbocycles. The molecule has 1 atom stereocenters. The molecule has 0 amide bonds. The Morgan fingerprint density at radius 3 is 2.36 bits per heavy atom. The second-order valence-corrected chi connectivity index (χ2v) is 9.77. The highest BCUT2D eigenvalue weighted by atomic mass is 32.2. The lowest BCUT2D eigenvalue weighted by atomic mass is 9.97. The van der Waals surface area contributed by atoms with Gasteiger partial charge in [-0.3, -0.25) is 0 Å². The molecule has 0 aliphatic heterocycles. The van der Waals surface area contributed by atoms with E-state index >= 15 is 0 Å². The lowest BCUT2D eigenvalue weighted by Crippen LogP contribution is -2.18. The first-order chi connectivity index (χ1) is 15.7. The van der Waals surface area contributed by atoms with Crippen molar-refractivity contribution in [2.45, 2.75) is 17.9 Å². The fourth-order valence-corrected chi connectivity index (χ4v) is 5.22. The maximum absolute atomic E-state index is 11.7. The summed E-state index contributed by atoms with van der Waals surface area (Å²) in [6.07, 6.45) is 0. The Labute approximate surface area is 194 Å². The number of fused-ring (bicyclic) bond motifs is 1. The predicted molar refractivity (Wildman–Crippen MR) is 128 cm³/mol. The van der Waals surface area contributed by atoms with Crippen LogP contribution in [0.15, 0.2) is 59.5 Å². The van der Waals surface area contributed by atoms with Crippen LogP contribution in [-0.4, -0.2) is 36.0 Å². The van der Waals surface area contributed by atoms with Gasteiger partial charge < -0.3 is 16.2 Å². The zero-order valence-corrected chi connectivity index (χ0v) is 19.2. The predicted octanol–water partition coefficient (Wildman–Crippen LogP) is 3.18. The molecule has 1 unspecified atom stereocenters. The second kappa shape index (κ2) is 8.87. The number of carboxylic acid groups (broad SMARTS) is 1. The van der Waals surface area contributed by atoms with Crippen LogP contribution in [0, 0.1) is 0 Å². The van der Waals surface area contributed by atoms with Gasteiger partial charge in [0, 0.05) is 17.5 Å². The van der Waals surface area contributed by atoms with Crippen molar-refractivity contribution in [3.05, 3.63) is 71.7 Å². The Balaban J connectivity index is 1.98. The molecule has 11 heteroatoms. The maximum Gasteiger partial charge on any atom is 0.373 e. The van der Waals surface area contributed by atoms with E-state index in [0.717, 1.165) is 16.1 Å². The lowest BCUT2D eigenvalue weighted by Gasteiger charge is -2.15. The molecular formula is C22H21N5O4S2. The number of hydrogen-bond acceptors (Lipinski definition) is 8. The van der Waals surface area contributed by atoms with Gasteiger partial charge in [0.15, 0.2) is 0 Å². The third-order valence-electron chi connectivity index (χ3n) is 5.03. The standard InChI is InChI=1S/C22H21N5O4S2/c1-2-25-20-15(12-6-4-3-5-7-12)16-18(26-19(22(28)29)27-21(16)32-20)17(23)13-8-10-14(11-9-13)33(24,30)31/h3-11,17,25H,2,23H2,1H3,(H,28,29)(H2,24,30,31). The highest BCUT2D eigenvalue weighted by molar-refractivity contribution is 7.89. The molecule has 33 heavy (non-hydrogen) atoms. The van der Waals surface area contributed by atoms with E-state index in [9.17, 15) is 18.3 Å². The molecule has 0 saturated heterocycles. The van der Waals surface area contributed by atoms with Crippen LogP contribution in [0.1, 0.15) is 34.8 Å². The first kappa shape index (κ1) is 22.8. The van der Waals surface area contributed by atoms with E-state index < -0.39 is 22.0 Å². The van der Waals surface area contributed by atoms with E-state index in [1.54, 1.807) is 12.1 Å². The topological polar surface area (TPSA) is 161 Å². The van der Waals surface area contributed by atoms with Crippen molar-refractivity contribution in [3.8, 4) is 11.1 Å². The molecule has 9 nitrogen and oxygen atoms in total. The minimum Gasteiger partial charge on any atom is -0.475 e. The van der Waals surface area contributed by atoms with Gasteiger partial charge in [-0.15, -0.1) is 0 Å². The van der Waals surface area contributed by atoms with Crippen LogP contribution in [0.3, 0.4) is 0 Å². The van der Waals surface area contributed by atoms with Crippen molar-refractivity contribution in [2.75, 3.05) is 11.9 Å². The van der Waals surface area contributed by atoms with Gasteiger partial charge in [-0.1, -0.05) is 53.8 Å². The molecule has 0 aliphatic rings. The summed E-state index contributed by atoms with van der Waals surface area (Å²) in [5.41, 5.74) is 9.19. The molecule has 2 aromatic heterocycles. The third-order valence-corrected chi connectivity index (χ3v) is 7.00. The monoisotopic (exact) mass is 483 g/mol. The molecule has 170 valence electrons. The van der Waals surface area contributed by atoms with Crippen LogP contribution in [0.2, 0.25) is 0 Å². The largest absolute Gasteiger partial charge is 0.475 e. The van der Waals surface area contributed by atoms with E-state index in [-0.39, 0.29) is 10.7 Å². The Morgan fingerprint density at radius 2 is 1.79 bits per heavy atom. The third kappa shape index (κ3) is 4.44. The van der Waals surface area contributed by atoms with Crippen molar-refractivity contribution in [1.82, 2.24) is 9.97 Å². The number of benzene rings is 2. The van der Waals surface area contributed by atoms with Crippen LogP contribution < -0.4 is 16.2 Å². The smallest absolute Gasteiger partial charge is 0.373 e. The summed E-state index contributed by atoms with van der Waals surface area (Å²) < 4.78 is 23.2. The molecule has 2 heterocycles. The number of carboxylic acids is 1. The summed E-state index contributed by atoms with van der Waals surface area (Å²) in [5.74, 6) is -1.63. The molecule has 4 aromatic rings. The molecule has 0 aliphatic carbocycles. The first-order valence-corrected chi connectivity index (χ1v) is 12.3. The van der Waals surface area contributed by atoms with E-state index in [4.69, 9.17) is 10.9 Å². The summed E-state index contributed by atoms with van der Waals surface area (Å²) >= 11 is 1.33. The number of carbonyl (C=O) groups is 1. The minimum absolute atomic E-state index is 0.0487. The molecule has 6 N–H and O–H groups in total. The number of thiophene rings is 1. The summed E-state index contributed by atoms with van der Waals surface area (Å²) in [7, 11) is -3.86. The number of rotatable bonds is 7. The van der Waals surface area contributed by atoms with Crippen LogP contribution in [0.4, 0.5) is 5.00 Å². The zero-order valence-electron chi connectivity index (χ0n) is 17.5. The molecule has 0 radical (unpaired) electrons. The highest BCUT2D eigenvalue weighted by Crippen LogP contribution is 2.44. The minimum atomic E-state index is -3.86. The zero-order chi connectivity index (χ0) is 23.8. The lowest BCUT2D eigenvalue weighted by molar-refractivity contribution is 0.0683. The molecule has 0 bridgehead atoms. The number of aromatic carboxylic acids is 1. The summed E-state index contributed by atoms with van der Waals surface area (Å²) in [6, 6.07) is 14.6. The van der Waals surface area contributed by atoms with Gasteiger partial charge in [0.05, 0.1) is 21.6 Å². The van der Waals surface area contributed by atoms with Crippen molar-refractivity contribution < 1.29 is 18.3 Å². The van der Waals surface area contributed by atoms with Crippen molar-refractivity contribution in [3.63, 3.8) is 0 Å². The number of hydrogen-bond donors (Lipinski definition) is 4. The number of aromatic nitrogens is 2. The first-order valence-electron chi connectivity index (χ1n) is 9.96.